The number of nitrogens with zero attached hydrogens (tertiary/aromatic N) is 3. The second-order valence-electron chi connectivity index (χ2n) is 6.46. The number of hydrogen-bond donors (Lipinski definition) is 2. The van der Waals surface area contributed by atoms with Gasteiger partial charge in [-0.1, -0.05) is 60.1 Å². The van der Waals surface area contributed by atoms with Gasteiger partial charge in [-0.2, -0.15) is 4.98 Å². The van der Waals surface area contributed by atoms with E-state index < -0.39 is 10.0 Å². The number of anilines is 2. The first-order valence-electron chi connectivity index (χ1n) is 8.41. The molecule has 2 unspecified atom stereocenters. The molecule has 0 fully saturated rings. The Balaban J connectivity index is 1.79. The second kappa shape index (κ2) is 6.86. The monoisotopic (exact) mass is 403 g/mol. The van der Waals surface area contributed by atoms with Gasteiger partial charge in [-0.25, -0.2) is 13.1 Å². The van der Waals surface area contributed by atoms with Crippen LogP contribution in [0.15, 0.2) is 54.6 Å². The van der Waals surface area contributed by atoms with Crippen molar-refractivity contribution in [3.63, 3.8) is 0 Å². The molecule has 4 rings (SSSR count). The van der Waals surface area contributed by atoms with Gasteiger partial charge in [-0.05, 0) is 23.6 Å². The number of rotatable bonds is 4. The lowest BCUT2D eigenvalue weighted by Gasteiger charge is -2.32. The Morgan fingerprint density at radius 2 is 1.85 bits per heavy atom. The van der Waals surface area contributed by atoms with Crippen molar-refractivity contribution in [2.24, 2.45) is 0 Å². The fourth-order valence-corrected chi connectivity index (χ4v) is 3.97. The lowest BCUT2D eigenvalue weighted by Crippen LogP contribution is -2.28. The lowest BCUT2D eigenvalue weighted by molar-refractivity contribution is 0.431. The summed E-state index contributed by atoms with van der Waals surface area (Å²) in [6.45, 7) is 0. The van der Waals surface area contributed by atoms with E-state index in [-0.39, 0.29) is 18.0 Å². The van der Waals surface area contributed by atoms with Crippen LogP contribution in [0.4, 0.5) is 11.9 Å². The normalized spacial score (nSPS) is 19.2. The number of aromatic nitrogens is 3. The molecule has 2 aromatic carbocycles. The summed E-state index contributed by atoms with van der Waals surface area (Å²) >= 11 is 6.44. The Hall–Kier alpha value is -2.58. The van der Waals surface area contributed by atoms with Crippen molar-refractivity contribution >= 4 is 33.5 Å². The Morgan fingerprint density at radius 3 is 2.56 bits per heavy atom. The zero-order chi connectivity index (χ0) is 19.0. The highest BCUT2D eigenvalue weighted by Crippen LogP contribution is 2.40. The number of hydrogen-bond acceptors (Lipinski definition) is 5. The first-order chi connectivity index (χ1) is 12.9. The smallest absolute Gasteiger partial charge is 0.257 e. The molecule has 0 aliphatic carbocycles. The van der Waals surface area contributed by atoms with Crippen LogP contribution in [-0.4, -0.2) is 29.4 Å². The van der Waals surface area contributed by atoms with Gasteiger partial charge in [0.25, 0.3) is 5.95 Å². The van der Waals surface area contributed by atoms with Crippen molar-refractivity contribution in [1.29, 1.82) is 0 Å². The first kappa shape index (κ1) is 17.8. The zero-order valence-corrected chi connectivity index (χ0v) is 16.1. The maximum absolute atomic E-state index is 11.6. The summed E-state index contributed by atoms with van der Waals surface area (Å²) < 4.78 is 27.2. The topological polar surface area (TPSA) is 88.9 Å². The largest absolute Gasteiger partial charge is 0.347 e. The van der Waals surface area contributed by atoms with Crippen LogP contribution < -0.4 is 10.0 Å². The van der Waals surface area contributed by atoms with Gasteiger partial charge in [0.15, 0.2) is 0 Å². The summed E-state index contributed by atoms with van der Waals surface area (Å²) in [6, 6.07) is 17.4. The Bertz CT molecular complexity index is 1070. The number of nitrogens with one attached hydrogen (secondary N) is 2. The van der Waals surface area contributed by atoms with Gasteiger partial charge in [0.05, 0.1) is 18.3 Å². The van der Waals surface area contributed by atoms with E-state index in [0.29, 0.717) is 17.4 Å². The van der Waals surface area contributed by atoms with E-state index in [9.17, 15) is 8.42 Å². The van der Waals surface area contributed by atoms with E-state index in [2.05, 4.69) is 20.1 Å². The summed E-state index contributed by atoms with van der Waals surface area (Å²) in [5, 5.41) is 8.34. The highest BCUT2D eigenvalue weighted by molar-refractivity contribution is 7.91. The Morgan fingerprint density at radius 1 is 1.15 bits per heavy atom. The maximum Gasteiger partial charge on any atom is 0.257 e. The van der Waals surface area contributed by atoms with E-state index in [1.165, 1.54) is 0 Å². The predicted octanol–water partition coefficient (Wildman–Crippen LogP) is 3.45. The van der Waals surface area contributed by atoms with Gasteiger partial charge in [0, 0.05) is 5.02 Å². The summed E-state index contributed by atoms with van der Waals surface area (Å²) in [4.78, 5) is 4.32. The van der Waals surface area contributed by atoms with E-state index >= 15 is 0 Å². The summed E-state index contributed by atoms with van der Waals surface area (Å²) in [6.07, 6.45) is 1.77. The molecule has 2 heterocycles. The van der Waals surface area contributed by atoms with Crippen molar-refractivity contribution in [2.45, 2.75) is 18.5 Å². The van der Waals surface area contributed by atoms with E-state index in [1.807, 2.05) is 54.6 Å². The summed E-state index contributed by atoms with van der Waals surface area (Å²) in [7, 11) is -3.47. The number of fused-ring (bicyclic) bond motifs is 1. The van der Waals surface area contributed by atoms with E-state index in [4.69, 9.17) is 11.6 Å². The molecule has 2 atom stereocenters. The molecule has 2 N–H and O–H groups in total. The molecule has 0 saturated heterocycles. The molecular weight excluding hydrogens is 386 g/mol. The molecule has 0 amide bonds. The average Bonchev–Trinajstić information content (AvgIpc) is 3.02. The Kier molecular flexibility index (Phi) is 4.53. The highest BCUT2D eigenvalue weighted by Gasteiger charge is 2.32. The van der Waals surface area contributed by atoms with Crippen LogP contribution in [0.3, 0.4) is 0 Å². The van der Waals surface area contributed by atoms with E-state index in [1.54, 1.807) is 4.68 Å². The van der Waals surface area contributed by atoms with Crippen LogP contribution in [0.1, 0.15) is 29.6 Å². The molecule has 0 radical (unpaired) electrons. The molecule has 0 bridgehead atoms. The van der Waals surface area contributed by atoms with Gasteiger partial charge in [-0.3, -0.25) is 4.72 Å². The molecule has 140 valence electrons. The minimum absolute atomic E-state index is 0.00439. The van der Waals surface area contributed by atoms with Gasteiger partial charge in [-0.15, -0.1) is 5.10 Å². The van der Waals surface area contributed by atoms with Crippen LogP contribution >= 0.6 is 11.6 Å². The first-order valence-corrected chi connectivity index (χ1v) is 10.7. The van der Waals surface area contributed by atoms with Crippen molar-refractivity contribution in [3.8, 4) is 0 Å². The molecular formula is C18H18ClN5O2S. The molecule has 1 aromatic heterocycles. The van der Waals surface area contributed by atoms with Crippen LogP contribution in [-0.2, 0) is 10.0 Å². The maximum atomic E-state index is 11.6. The van der Waals surface area contributed by atoms with Crippen LogP contribution in [0.2, 0.25) is 5.02 Å². The van der Waals surface area contributed by atoms with E-state index in [0.717, 1.165) is 17.4 Å². The molecule has 3 aromatic rings. The Labute approximate surface area is 162 Å². The zero-order valence-electron chi connectivity index (χ0n) is 14.5. The predicted molar refractivity (Wildman–Crippen MR) is 106 cm³/mol. The number of sulfonamides is 1. The molecule has 1 aliphatic rings. The minimum Gasteiger partial charge on any atom is -0.347 e. The lowest BCUT2D eigenvalue weighted by atomic mass is 9.93. The van der Waals surface area contributed by atoms with Crippen LogP contribution in [0.25, 0.3) is 0 Å². The fraction of sp³-hybridized carbons (Fsp3) is 0.222. The third-order valence-corrected chi connectivity index (χ3v) is 5.33. The van der Waals surface area contributed by atoms with Crippen molar-refractivity contribution in [1.82, 2.24) is 14.8 Å². The minimum atomic E-state index is -3.47. The SMILES string of the molecule is CS(=O)(=O)Nc1nc2n(n1)C(c1ccccc1Cl)CC(c1ccccc1)N2. The molecule has 1 aliphatic heterocycles. The molecule has 0 saturated carbocycles. The van der Waals surface area contributed by atoms with Gasteiger partial charge >= 0.3 is 0 Å². The third-order valence-electron chi connectivity index (χ3n) is 4.43. The van der Waals surface area contributed by atoms with Crippen molar-refractivity contribution < 1.29 is 8.42 Å². The van der Waals surface area contributed by atoms with Gasteiger partial charge < -0.3 is 5.32 Å². The molecule has 0 spiro atoms. The highest BCUT2D eigenvalue weighted by atomic mass is 35.5. The number of halogens is 1. The standard InChI is InChI=1S/C18H18ClN5O2S/c1-27(25,26)23-17-21-18-20-15(12-7-3-2-4-8-12)11-16(24(18)22-17)13-9-5-6-10-14(13)19/h2-10,15-16H,11H2,1H3,(H2,20,21,22,23). The van der Waals surface area contributed by atoms with Crippen LogP contribution in [0, 0.1) is 0 Å². The van der Waals surface area contributed by atoms with Gasteiger partial charge in [0.2, 0.25) is 16.0 Å². The quantitative estimate of drug-likeness (QED) is 0.696. The second-order valence-corrected chi connectivity index (χ2v) is 8.61. The van der Waals surface area contributed by atoms with Crippen LogP contribution in [0.5, 0.6) is 0 Å². The fourth-order valence-electron chi connectivity index (χ4n) is 3.29. The number of benzene rings is 2. The molecule has 7 nitrogen and oxygen atoms in total. The summed E-state index contributed by atoms with van der Waals surface area (Å²) in [5.41, 5.74) is 2.03. The van der Waals surface area contributed by atoms with Crippen molar-refractivity contribution in [2.75, 3.05) is 16.3 Å². The summed E-state index contributed by atoms with van der Waals surface area (Å²) in [5.74, 6) is 0.525. The molecule has 27 heavy (non-hydrogen) atoms. The molecule has 9 heteroatoms. The third kappa shape index (κ3) is 3.77. The average molecular weight is 404 g/mol. The van der Waals surface area contributed by atoms with Gasteiger partial charge in [0.1, 0.15) is 0 Å². The van der Waals surface area contributed by atoms with Crippen molar-refractivity contribution in [3.05, 3.63) is 70.7 Å².